The second-order valence-corrected chi connectivity index (χ2v) is 6.22. The zero-order valence-electron chi connectivity index (χ0n) is 13.4. The maximum atomic E-state index is 12.0. The molecule has 3 aromatic rings. The fourth-order valence-electron chi connectivity index (χ4n) is 2.25. The highest BCUT2D eigenvalue weighted by Crippen LogP contribution is 2.16. The highest BCUT2D eigenvalue weighted by molar-refractivity contribution is 7.99. The Bertz CT molecular complexity index is 883. The molecule has 0 radical (unpaired) electrons. The van der Waals surface area contributed by atoms with Crippen LogP contribution >= 0.6 is 11.8 Å². The molecule has 0 saturated carbocycles. The third-order valence-corrected chi connectivity index (χ3v) is 4.04. The molecular formula is C14H17N7OS. The smallest absolute Gasteiger partial charge is 0.253 e. The lowest BCUT2D eigenvalue weighted by Crippen LogP contribution is -2.16. The van der Waals surface area contributed by atoms with E-state index in [1.807, 2.05) is 32.9 Å². The van der Waals surface area contributed by atoms with Gasteiger partial charge in [0, 0.05) is 24.5 Å². The summed E-state index contributed by atoms with van der Waals surface area (Å²) in [5.41, 5.74) is 2.71. The molecular weight excluding hydrogens is 314 g/mol. The molecule has 8 nitrogen and oxygen atoms in total. The molecule has 0 aliphatic heterocycles. The lowest BCUT2D eigenvalue weighted by atomic mass is 10.4. The van der Waals surface area contributed by atoms with E-state index in [0.717, 1.165) is 17.1 Å². The number of aryl methyl sites for hydroxylation is 4. The first-order valence-electron chi connectivity index (χ1n) is 7.06. The molecule has 1 amide bonds. The van der Waals surface area contributed by atoms with Crippen LogP contribution in [0.25, 0.3) is 5.78 Å². The van der Waals surface area contributed by atoms with Gasteiger partial charge in [0.15, 0.2) is 0 Å². The summed E-state index contributed by atoms with van der Waals surface area (Å²) < 4.78 is 3.31. The summed E-state index contributed by atoms with van der Waals surface area (Å²) in [5.74, 6) is 1.31. The minimum atomic E-state index is -0.127. The predicted octanol–water partition coefficient (Wildman–Crippen LogP) is 1.51. The maximum absolute atomic E-state index is 12.0. The maximum Gasteiger partial charge on any atom is 0.253 e. The van der Waals surface area contributed by atoms with Crippen LogP contribution < -0.4 is 5.32 Å². The molecule has 0 saturated heterocycles. The van der Waals surface area contributed by atoms with Crippen LogP contribution in [0.5, 0.6) is 0 Å². The third kappa shape index (κ3) is 3.34. The van der Waals surface area contributed by atoms with E-state index in [1.165, 1.54) is 11.8 Å². The minimum Gasteiger partial charge on any atom is -0.310 e. The van der Waals surface area contributed by atoms with Crippen molar-refractivity contribution in [2.75, 3.05) is 11.1 Å². The van der Waals surface area contributed by atoms with E-state index in [4.69, 9.17) is 0 Å². The van der Waals surface area contributed by atoms with Crippen molar-refractivity contribution in [3.8, 4) is 0 Å². The summed E-state index contributed by atoms with van der Waals surface area (Å²) in [6.45, 7) is 5.74. The number of carbonyl (C=O) groups is 1. The van der Waals surface area contributed by atoms with Crippen molar-refractivity contribution in [2.24, 2.45) is 7.05 Å². The number of hydrogen-bond acceptors (Lipinski definition) is 6. The largest absolute Gasteiger partial charge is 0.310 e. The van der Waals surface area contributed by atoms with Crippen LogP contribution in [0.15, 0.2) is 17.3 Å². The molecule has 0 aliphatic carbocycles. The molecule has 3 heterocycles. The lowest BCUT2D eigenvalue weighted by Gasteiger charge is -2.03. The average Bonchev–Trinajstić information content (AvgIpc) is 3.00. The van der Waals surface area contributed by atoms with Crippen molar-refractivity contribution in [3.63, 3.8) is 0 Å². The van der Waals surface area contributed by atoms with Crippen LogP contribution in [0.1, 0.15) is 17.1 Å². The Morgan fingerprint density at radius 1 is 1.17 bits per heavy atom. The van der Waals surface area contributed by atoms with Gasteiger partial charge in [0.2, 0.25) is 11.1 Å². The van der Waals surface area contributed by atoms with Crippen molar-refractivity contribution in [1.29, 1.82) is 0 Å². The van der Waals surface area contributed by atoms with Gasteiger partial charge in [-0.15, -0.1) is 5.10 Å². The first kappa shape index (κ1) is 15.5. The number of hydrogen-bond donors (Lipinski definition) is 1. The minimum absolute atomic E-state index is 0.127. The monoisotopic (exact) mass is 331 g/mol. The fraction of sp³-hybridized carbons (Fsp3) is 0.357. The molecule has 0 aromatic carbocycles. The van der Waals surface area contributed by atoms with Gasteiger partial charge in [-0.05, 0) is 26.8 Å². The van der Waals surface area contributed by atoms with Gasteiger partial charge in [0.25, 0.3) is 5.78 Å². The number of nitrogens with zero attached hydrogens (tertiary/aromatic N) is 6. The SMILES string of the molecule is Cc1cc(C)n2nc(SCC(=O)Nc3cc(C)nn3C)nc2n1. The number of fused-ring (bicyclic) bond motifs is 1. The van der Waals surface area contributed by atoms with Crippen molar-refractivity contribution >= 4 is 29.3 Å². The molecule has 23 heavy (non-hydrogen) atoms. The van der Waals surface area contributed by atoms with E-state index in [2.05, 4.69) is 25.5 Å². The van der Waals surface area contributed by atoms with Gasteiger partial charge in [-0.3, -0.25) is 9.48 Å². The Balaban J connectivity index is 1.67. The van der Waals surface area contributed by atoms with Gasteiger partial charge in [0.1, 0.15) is 5.82 Å². The molecule has 0 atom stereocenters. The van der Waals surface area contributed by atoms with E-state index in [9.17, 15) is 4.79 Å². The van der Waals surface area contributed by atoms with Crippen molar-refractivity contribution in [2.45, 2.75) is 25.9 Å². The molecule has 3 rings (SSSR count). The first-order valence-corrected chi connectivity index (χ1v) is 8.05. The van der Waals surface area contributed by atoms with Crippen LogP contribution in [0.4, 0.5) is 5.82 Å². The molecule has 120 valence electrons. The van der Waals surface area contributed by atoms with E-state index in [0.29, 0.717) is 16.8 Å². The normalized spacial score (nSPS) is 11.1. The van der Waals surface area contributed by atoms with Gasteiger partial charge < -0.3 is 5.32 Å². The Kier molecular flexibility index (Phi) is 4.03. The predicted molar refractivity (Wildman–Crippen MR) is 87.6 cm³/mol. The van der Waals surface area contributed by atoms with Gasteiger partial charge in [-0.25, -0.2) is 9.50 Å². The van der Waals surface area contributed by atoms with Crippen LogP contribution in [-0.2, 0) is 11.8 Å². The van der Waals surface area contributed by atoms with Gasteiger partial charge in [-0.2, -0.15) is 10.1 Å². The third-order valence-electron chi connectivity index (χ3n) is 3.20. The summed E-state index contributed by atoms with van der Waals surface area (Å²) >= 11 is 1.28. The summed E-state index contributed by atoms with van der Waals surface area (Å²) in [6, 6.07) is 3.76. The molecule has 0 fully saturated rings. The molecule has 0 bridgehead atoms. The summed E-state index contributed by atoms with van der Waals surface area (Å²) in [7, 11) is 1.79. The fourth-order valence-corrected chi connectivity index (χ4v) is 2.86. The second-order valence-electron chi connectivity index (χ2n) is 5.28. The molecule has 9 heteroatoms. The van der Waals surface area contributed by atoms with Crippen LogP contribution in [0.2, 0.25) is 0 Å². The molecule has 0 spiro atoms. The Morgan fingerprint density at radius 3 is 2.65 bits per heavy atom. The Morgan fingerprint density at radius 2 is 1.96 bits per heavy atom. The molecule has 0 unspecified atom stereocenters. The Hall–Kier alpha value is -2.42. The van der Waals surface area contributed by atoms with Crippen LogP contribution in [0.3, 0.4) is 0 Å². The zero-order chi connectivity index (χ0) is 16.6. The van der Waals surface area contributed by atoms with Gasteiger partial charge >= 0.3 is 0 Å². The number of thioether (sulfide) groups is 1. The number of carbonyl (C=O) groups excluding carboxylic acids is 1. The van der Waals surface area contributed by atoms with E-state index in [1.54, 1.807) is 16.2 Å². The highest BCUT2D eigenvalue weighted by Gasteiger charge is 2.12. The van der Waals surface area contributed by atoms with E-state index in [-0.39, 0.29) is 11.7 Å². The number of amides is 1. The van der Waals surface area contributed by atoms with Crippen molar-refractivity contribution in [1.82, 2.24) is 29.4 Å². The zero-order valence-corrected chi connectivity index (χ0v) is 14.2. The van der Waals surface area contributed by atoms with Crippen molar-refractivity contribution in [3.05, 3.63) is 29.2 Å². The topological polar surface area (TPSA) is 90.0 Å². The quantitative estimate of drug-likeness (QED) is 0.729. The van der Waals surface area contributed by atoms with Gasteiger partial charge in [-0.1, -0.05) is 11.8 Å². The van der Waals surface area contributed by atoms with E-state index < -0.39 is 0 Å². The summed E-state index contributed by atoms with van der Waals surface area (Å²) in [4.78, 5) is 20.7. The van der Waals surface area contributed by atoms with Crippen molar-refractivity contribution < 1.29 is 4.79 Å². The second kappa shape index (κ2) is 5.99. The standard InChI is InChI=1S/C14H17N7OS/c1-8-5-10(3)21-13(15-8)17-14(19-21)23-7-12(22)16-11-6-9(2)18-20(11)4/h5-6H,7H2,1-4H3,(H,16,22). The molecule has 1 N–H and O–H groups in total. The Labute approximate surface area is 137 Å². The van der Waals surface area contributed by atoms with E-state index >= 15 is 0 Å². The van der Waals surface area contributed by atoms with Crippen LogP contribution in [-0.4, -0.2) is 41.0 Å². The average molecular weight is 331 g/mol. The number of rotatable bonds is 4. The molecule has 0 aliphatic rings. The molecule has 3 aromatic heterocycles. The lowest BCUT2D eigenvalue weighted by molar-refractivity contribution is -0.113. The summed E-state index contributed by atoms with van der Waals surface area (Å²) in [5, 5.41) is 11.9. The van der Waals surface area contributed by atoms with Gasteiger partial charge in [0.05, 0.1) is 11.4 Å². The highest BCUT2D eigenvalue weighted by atomic mass is 32.2. The van der Waals surface area contributed by atoms with Crippen LogP contribution in [0, 0.1) is 20.8 Å². The summed E-state index contributed by atoms with van der Waals surface area (Å²) in [6.07, 6.45) is 0. The number of nitrogens with one attached hydrogen (secondary N) is 1. The number of anilines is 1. The first-order chi connectivity index (χ1) is 10.9. The number of aromatic nitrogens is 6.